The van der Waals surface area contributed by atoms with Gasteiger partial charge in [0.1, 0.15) is 0 Å². The van der Waals surface area contributed by atoms with Crippen LogP contribution in [0.3, 0.4) is 0 Å². The fourth-order valence-corrected chi connectivity index (χ4v) is 10.0. The minimum Gasteiger partial charge on any atom is -0.309 e. The van der Waals surface area contributed by atoms with Crippen LogP contribution in [-0.2, 0) is 0 Å². The lowest BCUT2D eigenvalue weighted by Gasteiger charge is -2.29. The van der Waals surface area contributed by atoms with Crippen molar-refractivity contribution in [2.45, 2.75) is 0 Å². The molecule has 0 aliphatic rings. The van der Waals surface area contributed by atoms with Gasteiger partial charge in [-0.2, -0.15) is 0 Å². The molecule has 0 radical (unpaired) electrons. The van der Waals surface area contributed by atoms with Crippen molar-refractivity contribution in [2.75, 3.05) is 4.90 Å². The highest BCUT2D eigenvalue weighted by Gasteiger charge is 2.24. The van der Waals surface area contributed by atoms with Crippen LogP contribution in [0.1, 0.15) is 0 Å². The number of para-hydroxylation sites is 4. The third-order valence-corrected chi connectivity index (χ3v) is 12.4. The number of nitrogens with zero attached hydrogens (tertiary/aromatic N) is 2. The van der Waals surface area contributed by atoms with Crippen LogP contribution in [0.15, 0.2) is 218 Å². The van der Waals surface area contributed by atoms with E-state index >= 15 is 0 Å². The van der Waals surface area contributed by atoms with Gasteiger partial charge in [0.05, 0.1) is 28.1 Å². The molecule has 2 heterocycles. The van der Waals surface area contributed by atoms with Gasteiger partial charge in [-0.05, 0) is 65.2 Å². The first-order valence-corrected chi connectivity index (χ1v) is 20.3. The summed E-state index contributed by atoms with van der Waals surface area (Å²) in [6.45, 7) is 0. The number of rotatable bonds is 7. The first-order valence-electron chi connectivity index (χ1n) is 19.4. The quantitative estimate of drug-likeness (QED) is 0.158. The summed E-state index contributed by atoms with van der Waals surface area (Å²) in [4.78, 5) is 2.46. The van der Waals surface area contributed by atoms with E-state index in [-0.39, 0.29) is 0 Å². The van der Waals surface area contributed by atoms with Gasteiger partial charge in [0, 0.05) is 53.3 Å². The molecule has 11 aromatic rings. The van der Waals surface area contributed by atoms with Gasteiger partial charge >= 0.3 is 0 Å². The Morgan fingerprint density at radius 1 is 0.351 bits per heavy atom. The summed E-state index contributed by atoms with van der Waals surface area (Å²) in [7, 11) is 0. The molecule has 11 rings (SSSR count). The molecule has 0 aliphatic carbocycles. The van der Waals surface area contributed by atoms with Gasteiger partial charge in [0.15, 0.2) is 0 Å². The minimum atomic E-state index is 1.10. The molecule has 0 saturated heterocycles. The number of benzene rings is 9. The van der Waals surface area contributed by atoms with E-state index in [2.05, 4.69) is 228 Å². The highest BCUT2D eigenvalue weighted by Crippen LogP contribution is 2.49. The van der Waals surface area contributed by atoms with Crippen molar-refractivity contribution in [1.29, 1.82) is 0 Å². The molecule has 0 aliphatic heterocycles. The lowest BCUT2D eigenvalue weighted by molar-refractivity contribution is 1.18. The minimum absolute atomic E-state index is 1.10. The van der Waals surface area contributed by atoms with E-state index < -0.39 is 0 Å². The maximum absolute atomic E-state index is 2.48. The van der Waals surface area contributed by atoms with E-state index in [4.69, 9.17) is 0 Å². The molecule has 0 amide bonds. The Labute approximate surface area is 335 Å². The average molecular weight is 745 g/mol. The van der Waals surface area contributed by atoms with Gasteiger partial charge in [-0.1, -0.05) is 170 Å². The number of anilines is 3. The summed E-state index contributed by atoms with van der Waals surface area (Å²) in [5.41, 5.74) is 14.1. The number of thiophene rings is 1. The largest absolute Gasteiger partial charge is 0.309 e. The Hall–Kier alpha value is -7.20. The van der Waals surface area contributed by atoms with Crippen molar-refractivity contribution in [2.24, 2.45) is 0 Å². The summed E-state index contributed by atoms with van der Waals surface area (Å²) in [5, 5.41) is 5.03. The number of fused-ring (bicyclic) bond motifs is 6. The van der Waals surface area contributed by atoms with Gasteiger partial charge in [-0.3, -0.25) is 0 Å². The van der Waals surface area contributed by atoms with Gasteiger partial charge in [0.25, 0.3) is 0 Å². The molecule has 0 unspecified atom stereocenters. The Balaban J connectivity index is 1.18. The zero-order chi connectivity index (χ0) is 37.7. The lowest BCUT2D eigenvalue weighted by Crippen LogP contribution is -2.11. The molecular weight excluding hydrogens is 709 g/mol. The zero-order valence-corrected chi connectivity index (χ0v) is 31.9. The van der Waals surface area contributed by atoms with Crippen molar-refractivity contribution in [3.05, 3.63) is 218 Å². The lowest BCUT2D eigenvalue weighted by atomic mass is 9.93. The van der Waals surface area contributed by atoms with E-state index in [0.29, 0.717) is 0 Å². The predicted molar refractivity (Wildman–Crippen MR) is 245 cm³/mol. The van der Waals surface area contributed by atoms with Crippen molar-refractivity contribution in [1.82, 2.24) is 4.57 Å². The molecule has 9 aromatic carbocycles. The molecule has 0 fully saturated rings. The van der Waals surface area contributed by atoms with Gasteiger partial charge in [-0.15, -0.1) is 11.3 Å². The van der Waals surface area contributed by atoms with Crippen LogP contribution >= 0.6 is 11.3 Å². The van der Waals surface area contributed by atoms with Gasteiger partial charge in [0.2, 0.25) is 0 Å². The molecular formula is C54H36N2S. The van der Waals surface area contributed by atoms with Crippen molar-refractivity contribution < 1.29 is 0 Å². The standard InChI is InChI=1S/C54H36N2S/c1-3-19-37(20-4-1)39-23-7-8-24-40(39)41-25-9-13-31-47(41)55(38-21-5-2-6-22-38)50-34-18-35-51-53(50)46-28-11-15-33-49(46)56(51)48-32-14-10-26-42(48)44-29-17-30-45-43-27-12-16-36-52(43)57-54(44)45/h1-36H. The van der Waals surface area contributed by atoms with E-state index in [9.17, 15) is 0 Å². The van der Waals surface area contributed by atoms with Crippen LogP contribution in [0.5, 0.6) is 0 Å². The van der Waals surface area contributed by atoms with E-state index in [1.165, 1.54) is 69.8 Å². The number of hydrogen-bond donors (Lipinski definition) is 0. The Bertz CT molecular complexity index is 3250. The van der Waals surface area contributed by atoms with Crippen molar-refractivity contribution in [3.8, 4) is 39.1 Å². The van der Waals surface area contributed by atoms with Crippen LogP contribution in [0.25, 0.3) is 81.0 Å². The molecule has 0 atom stereocenters. The van der Waals surface area contributed by atoms with Crippen LogP contribution in [-0.4, -0.2) is 4.57 Å². The molecule has 57 heavy (non-hydrogen) atoms. The predicted octanol–water partition coefficient (Wildman–Crippen LogP) is 15.6. The number of hydrogen-bond acceptors (Lipinski definition) is 2. The van der Waals surface area contributed by atoms with Crippen LogP contribution in [0.2, 0.25) is 0 Å². The highest BCUT2D eigenvalue weighted by atomic mass is 32.1. The fourth-order valence-electron chi connectivity index (χ4n) is 8.77. The molecule has 0 N–H and O–H groups in total. The molecule has 2 aromatic heterocycles. The monoisotopic (exact) mass is 744 g/mol. The van der Waals surface area contributed by atoms with E-state index in [1.807, 2.05) is 11.3 Å². The summed E-state index contributed by atoms with van der Waals surface area (Å²) >= 11 is 1.88. The molecule has 0 bridgehead atoms. The van der Waals surface area contributed by atoms with E-state index in [0.717, 1.165) is 28.3 Å². The SMILES string of the molecule is c1ccc(-c2ccccc2-c2ccccc2N(c2ccccc2)c2cccc3c2c2ccccc2n3-c2ccccc2-c2cccc3c2sc2ccccc23)cc1. The van der Waals surface area contributed by atoms with Crippen LogP contribution < -0.4 is 4.90 Å². The zero-order valence-electron chi connectivity index (χ0n) is 31.1. The van der Waals surface area contributed by atoms with Gasteiger partial charge < -0.3 is 9.47 Å². The second kappa shape index (κ2) is 13.8. The maximum atomic E-state index is 2.48. The van der Waals surface area contributed by atoms with E-state index in [1.54, 1.807) is 0 Å². The van der Waals surface area contributed by atoms with Crippen molar-refractivity contribution >= 4 is 70.4 Å². The van der Waals surface area contributed by atoms with Gasteiger partial charge in [-0.25, -0.2) is 0 Å². The molecule has 268 valence electrons. The third-order valence-electron chi connectivity index (χ3n) is 11.2. The summed E-state index contributed by atoms with van der Waals surface area (Å²) < 4.78 is 5.11. The summed E-state index contributed by atoms with van der Waals surface area (Å²) in [6.07, 6.45) is 0. The third kappa shape index (κ3) is 5.47. The Morgan fingerprint density at radius 2 is 0.912 bits per heavy atom. The van der Waals surface area contributed by atoms with Crippen molar-refractivity contribution in [3.63, 3.8) is 0 Å². The first-order chi connectivity index (χ1) is 28.3. The maximum Gasteiger partial charge on any atom is 0.0562 e. The highest BCUT2D eigenvalue weighted by molar-refractivity contribution is 7.26. The topological polar surface area (TPSA) is 8.17 Å². The molecule has 0 spiro atoms. The second-order valence-electron chi connectivity index (χ2n) is 14.4. The molecule has 3 heteroatoms. The summed E-state index contributed by atoms with van der Waals surface area (Å²) in [5.74, 6) is 0. The molecule has 2 nitrogen and oxygen atoms in total. The second-order valence-corrected chi connectivity index (χ2v) is 15.5. The van der Waals surface area contributed by atoms with Crippen LogP contribution in [0.4, 0.5) is 17.1 Å². The Morgan fingerprint density at radius 3 is 1.75 bits per heavy atom. The normalized spacial score (nSPS) is 11.5. The van der Waals surface area contributed by atoms with Crippen LogP contribution in [0, 0.1) is 0 Å². The smallest absolute Gasteiger partial charge is 0.0562 e. The number of aromatic nitrogens is 1. The average Bonchev–Trinajstić information content (AvgIpc) is 3.84. The molecule has 0 saturated carbocycles. The summed E-state index contributed by atoms with van der Waals surface area (Å²) in [6, 6.07) is 79.3. The Kier molecular flexibility index (Phi) is 8.04. The first kappa shape index (κ1) is 33.2. The fraction of sp³-hybridized carbons (Fsp3) is 0.